The van der Waals surface area contributed by atoms with Crippen LogP contribution < -0.4 is 14.2 Å². The summed E-state index contributed by atoms with van der Waals surface area (Å²) in [5.74, 6) is 2.71. The van der Waals surface area contributed by atoms with Gasteiger partial charge in [-0.15, -0.1) is 0 Å². The second-order valence-electron chi connectivity index (χ2n) is 12.3. The predicted molar refractivity (Wildman–Crippen MR) is 179 cm³/mol. The average Bonchev–Trinajstić information content (AvgIpc) is 3.83. The molecule has 3 aromatic carbocycles. The molecule has 0 atom stereocenters. The van der Waals surface area contributed by atoms with Crippen LogP contribution >= 0.6 is 11.6 Å². The summed E-state index contributed by atoms with van der Waals surface area (Å²) in [5, 5.41) is -0.370. The third-order valence-corrected chi connectivity index (χ3v) is 9.19. The minimum absolute atomic E-state index is 0.0534. The molecule has 2 fully saturated rings. The van der Waals surface area contributed by atoms with Gasteiger partial charge in [0, 0.05) is 37.3 Å². The second-order valence-corrected chi connectivity index (χ2v) is 12.7. The van der Waals surface area contributed by atoms with E-state index in [1.165, 1.54) is 37.8 Å². The van der Waals surface area contributed by atoms with E-state index >= 15 is 0 Å². The lowest BCUT2D eigenvalue weighted by Gasteiger charge is -2.17. The zero-order valence-electron chi connectivity index (χ0n) is 26.8. The van der Waals surface area contributed by atoms with Gasteiger partial charge in [0.05, 0.1) is 16.1 Å². The van der Waals surface area contributed by atoms with Crippen LogP contribution in [0.2, 0.25) is 5.02 Å². The highest BCUT2D eigenvalue weighted by molar-refractivity contribution is 6.31. The summed E-state index contributed by atoms with van der Waals surface area (Å²) in [6.07, 6.45) is 2.34. The van der Waals surface area contributed by atoms with Crippen molar-refractivity contribution in [3.8, 4) is 34.4 Å². The van der Waals surface area contributed by atoms with Crippen LogP contribution in [0.1, 0.15) is 51.0 Å². The van der Waals surface area contributed by atoms with E-state index in [1.807, 2.05) is 18.2 Å². The van der Waals surface area contributed by atoms with Gasteiger partial charge in [0.15, 0.2) is 5.75 Å². The van der Waals surface area contributed by atoms with Crippen LogP contribution in [-0.2, 0) is 12.7 Å². The van der Waals surface area contributed by atoms with Crippen LogP contribution in [0.4, 0.5) is 13.2 Å². The molecule has 0 saturated carbocycles. The van der Waals surface area contributed by atoms with Gasteiger partial charge in [-0.2, -0.15) is 13.2 Å². The lowest BCUT2D eigenvalue weighted by atomic mass is 10.2. The van der Waals surface area contributed by atoms with Crippen molar-refractivity contribution >= 4 is 22.6 Å². The maximum Gasteiger partial charge on any atom is 0.417 e. The van der Waals surface area contributed by atoms with Gasteiger partial charge in [-0.05, 0) is 101 Å². The molecule has 0 aliphatic carbocycles. The topological polar surface area (TPSA) is 52.0 Å². The van der Waals surface area contributed by atoms with Crippen molar-refractivity contribution in [2.24, 2.45) is 0 Å². The van der Waals surface area contributed by atoms with Gasteiger partial charge in [-0.3, -0.25) is 9.80 Å². The Morgan fingerprint density at radius 1 is 0.766 bits per heavy atom. The SMILES string of the molecule is CCCCn1c(-c2ccc(Oc3ccc(Cl)c(C(F)(F)F)c3)cc2)nc2c(OCCN3CCCC3)cc(OCCN3CCCC3)cc21. The van der Waals surface area contributed by atoms with Crippen molar-refractivity contribution in [1.29, 1.82) is 0 Å². The molecule has 2 aliphatic heterocycles. The lowest BCUT2D eigenvalue weighted by molar-refractivity contribution is -0.137. The van der Waals surface area contributed by atoms with Gasteiger partial charge in [0.1, 0.15) is 41.8 Å². The number of ether oxygens (including phenoxy) is 3. The summed E-state index contributed by atoms with van der Waals surface area (Å²) in [6, 6.07) is 14.8. The highest BCUT2D eigenvalue weighted by atomic mass is 35.5. The molecule has 0 bridgehead atoms. The Bertz CT molecular complexity index is 1630. The molecule has 2 aliphatic rings. The summed E-state index contributed by atoms with van der Waals surface area (Å²) >= 11 is 5.78. The fourth-order valence-electron chi connectivity index (χ4n) is 6.31. The van der Waals surface area contributed by atoms with Crippen molar-refractivity contribution in [2.45, 2.75) is 58.2 Å². The number of unbranched alkanes of at least 4 members (excludes halogenated alkanes) is 1. The van der Waals surface area contributed by atoms with Crippen molar-refractivity contribution in [2.75, 3.05) is 52.5 Å². The first-order valence-corrected chi connectivity index (χ1v) is 17.1. The van der Waals surface area contributed by atoms with Crippen molar-refractivity contribution < 1.29 is 27.4 Å². The van der Waals surface area contributed by atoms with Gasteiger partial charge in [-0.1, -0.05) is 24.9 Å². The summed E-state index contributed by atoms with van der Waals surface area (Å²) in [5.41, 5.74) is 1.65. The average molecular weight is 671 g/mol. The van der Waals surface area contributed by atoms with Gasteiger partial charge in [-0.25, -0.2) is 4.98 Å². The number of benzene rings is 3. The number of aromatic nitrogens is 2. The molecule has 0 spiro atoms. The molecule has 7 nitrogen and oxygen atoms in total. The van der Waals surface area contributed by atoms with E-state index in [9.17, 15) is 13.2 Å². The van der Waals surface area contributed by atoms with E-state index in [1.54, 1.807) is 12.1 Å². The number of halogens is 4. The van der Waals surface area contributed by atoms with Crippen molar-refractivity contribution in [1.82, 2.24) is 19.4 Å². The molecule has 3 heterocycles. The van der Waals surface area contributed by atoms with E-state index < -0.39 is 11.7 Å². The van der Waals surface area contributed by atoms with Crippen LogP contribution in [0.3, 0.4) is 0 Å². The number of likely N-dealkylation sites (tertiary alicyclic amines) is 2. The number of hydrogen-bond donors (Lipinski definition) is 0. The van der Waals surface area contributed by atoms with E-state index in [-0.39, 0.29) is 10.8 Å². The zero-order chi connectivity index (χ0) is 32.8. The smallest absolute Gasteiger partial charge is 0.417 e. The number of alkyl halides is 3. The molecule has 0 N–H and O–H groups in total. The van der Waals surface area contributed by atoms with E-state index in [0.717, 1.165) is 92.9 Å². The van der Waals surface area contributed by atoms with Gasteiger partial charge >= 0.3 is 6.18 Å². The molecule has 0 unspecified atom stereocenters. The Balaban J connectivity index is 1.28. The number of imidazole rings is 1. The molecule has 0 amide bonds. The van der Waals surface area contributed by atoms with Gasteiger partial charge < -0.3 is 18.8 Å². The Labute approximate surface area is 279 Å². The highest BCUT2D eigenvalue weighted by Crippen LogP contribution is 2.39. The summed E-state index contributed by atoms with van der Waals surface area (Å²) in [7, 11) is 0. The van der Waals surface area contributed by atoms with Crippen molar-refractivity contribution in [3.63, 3.8) is 0 Å². The molecule has 11 heteroatoms. The fourth-order valence-corrected chi connectivity index (χ4v) is 6.53. The van der Waals surface area contributed by atoms with Crippen LogP contribution in [-0.4, -0.2) is 71.8 Å². The normalized spacial score (nSPS) is 15.9. The molecular weight excluding hydrogens is 629 g/mol. The Kier molecular flexibility index (Phi) is 10.8. The molecule has 4 aromatic rings. The second kappa shape index (κ2) is 15.2. The monoisotopic (exact) mass is 670 g/mol. The third-order valence-electron chi connectivity index (χ3n) is 8.86. The Morgan fingerprint density at radius 2 is 1.40 bits per heavy atom. The van der Waals surface area contributed by atoms with Gasteiger partial charge in [0.2, 0.25) is 0 Å². The number of hydrogen-bond acceptors (Lipinski definition) is 6. The van der Waals surface area contributed by atoms with E-state index in [0.29, 0.717) is 24.7 Å². The quantitative estimate of drug-likeness (QED) is 0.134. The van der Waals surface area contributed by atoms with E-state index in [4.69, 9.17) is 30.8 Å². The largest absolute Gasteiger partial charge is 0.492 e. The summed E-state index contributed by atoms with van der Waals surface area (Å²) in [4.78, 5) is 9.98. The van der Waals surface area contributed by atoms with Gasteiger partial charge in [0.25, 0.3) is 0 Å². The predicted octanol–water partition coefficient (Wildman–Crippen LogP) is 8.92. The minimum atomic E-state index is -4.58. The first kappa shape index (κ1) is 33.4. The minimum Gasteiger partial charge on any atom is -0.492 e. The third kappa shape index (κ3) is 8.34. The first-order chi connectivity index (χ1) is 22.8. The van der Waals surface area contributed by atoms with Crippen LogP contribution in [0.5, 0.6) is 23.0 Å². The van der Waals surface area contributed by atoms with Crippen LogP contribution in [0, 0.1) is 0 Å². The number of aryl methyl sites for hydroxylation is 1. The van der Waals surface area contributed by atoms with Crippen LogP contribution in [0.15, 0.2) is 54.6 Å². The molecule has 252 valence electrons. The standard InChI is InChI=1S/C36H42ClF3N4O3/c1-2-3-18-44-32-24-29(45-21-19-42-14-4-5-15-42)25-33(46-22-20-43-16-6-7-17-43)34(32)41-35(44)26-8-10-27(11-9-26)47-28-12-13-31(37)30(23-28)36(38,39)40/h8-13,23-25H,2-7,14-22H2,1H3. The molecule has 47 heavy (non-hydrogen) atoms. The molecule has 2 saturated heterocycles. The van der Waals surface area contributed by atoms with E-state index in [2.05, 4.69) is 27.4 Å². The maximum atomic E-state index is 13.4. The summed E-state index contributed by atoms with van der Waals surface area (Å²) < 4.78 is 60.8. The lowest BCUT2D eigenvalue weighted by Crippen LogP contribution is -2.25. The fraction of sp³-hybridized carbons (Fsp3) is 0.472. The number of rotatable bonds is 14. The Hall–Kier alpha value is -3.47. The summed E-state index contributed by atoms with van der Waals surface area (Å²) in [6.45, 7) is 10.3. The number of nitrogens with zero attached hydrogens (tertiary/aromatic N) is 4. The first-order valence-electron chi connectivity index (χ1n) is 16.7. The molecule has 6 rings (SSSR count). The zero-order valence-corrected chi connectivity index (χ0v) is 27.6. The molecule has 0 radical (unpaired) electrons. The molecular formula is C36H42ClF3N4O3. The maximum absolute atomic E-state index is 13.4. The van der Waals surface area contributed by atoms with Crippen molar-refractivity contribution in [3.05, 3.63) is 65.2 Å². The van der Waals surface area contributed by atoms with Crippen LogP contribution in [0.25, 0.3) is 22.4 Å². The number of fused-ring (bicyclic) bond motifs is 1. The molecule has 1 aromatic heterocycles. The Morgan fingerprint density at radius 3 is 2.04 bits per heavy atom. The highest BCUT2D eigenvalue weighted by Gasteiger charge is 2.33.